The summed E-state index contributed by atoms with van der Waals surface area (Å²) in [5.74, 6) is 0. The summed E-state index contributed by atoms with van der Waals surface area (Å²) in [6.45, 7) is 0. The minimum absolute atomic E-state index is 0.698. The Balaban J connectivity index is 1.76. The molecule has 1 heterocycles. The molecule has 0 bridgehead atoms. The van der Waals surface area contributed by atoms with Gasteiger partial charge >= 0.3 is 7.65 Å². The van der Waals surface area contributed by atoms with Crippen LogP contribution in [0.2, 0.25) is 0 Å². The zero-order chi connectivity index (χ0) is 19.6. The molecule has 140 valence electrons. The van der Waals surface area contributed by atoms with Gasteiger partial charge in [-0.2, -0.15) is 0 Å². The first-order valence-electron chi connectivity index (χ1n) is 9.76. The van der Waals surface area contributed by atoms with Gasteiger partial charge in [-0.05, 0) is 39.8 Å². The number of rotatable bonds is 4. The van der Waals surface area contributed by atoms with E-state index in [1.807, 2.05) is 42.5 Å². The summed E-state index contributed by atoms with van der Waals surface area (Å²) < 4.78 is 18.9. The van der Waals surface area contributed by atoms with E-state index in [4.69, 9.17) is 4.20 Å². The number of para-hydroxylation sites is 1. The van der Waals surface area contributed by atoms with E-state index in [0.717, 1.165) is 34.3 Å². The van der Waals surface area contributed by atoms with Crippen molar-refractivity contribution in [3.05, 3.63) is 119 Å². The number of benzene rings is 4. The van der Waals surface area contributed by atoms with Crippen molar-refractivity contribution >= 4 is 29.1 Å². The van der Waals surface area contributed by atoms with Crippen LogP contribution in [0.4, 0.5) is 0 Å². The van der Waals surface area contributed by atoms with Crippen LogP contribution in [0, 0.1) is 0 Å². The molecule has 0 aliphatic rings. The van der Waals surface area contributed by atoms with Crippen molar-refractivity contribution in [2.75, 3.05) is 0 Å². The molecule has 1 atom stereocenters. The summed E-state index contributed by atoms with van der Waals surface area (Å²) >= 11 is 0. The van der Waals surface area contributed by atoms with Gasteiger partial charge in [-0.1, -0.05) is 84.9 Å². The minimum atomic E-state index is -1.93. The highest BCUT2D eigenvalue weighted by Crippen LogP contribution is 2.39. The largest absolute Gasteiger partial charge is 0.598 e. The van der Waals surface area contributed by atoms with Crippen molar-refractivity contribution in [3.8, 4) is 0 Å². The average molecular weight is 395 g/mol. The molecule has 0 radical (unpaired) electrons. The predicted octanol–water partition coefficient (Wildman–Crippen LogP) is 7.51. The maximum Gasteiger partial charge on any atom is 0.598 e. The van der Waals surface area contributed by atoms with Crippen LogP contribution < -0.4 is 0 Å². The Morgan fingerprint density at radius 3 is 1.97 bits per heavy atom. The monoisotopic (exact) mass is 395 g/mol. The fourth-order valence-electron chi connectivity index (χ4n) is 3.97. The Morgan fingerprint density at radius 2 is 1.24 bits per heavy atom. The Kier molecular flexibility index (Phi) is 4.71. The van der Waals surface area contributed by atoms with Crippen molar-refractivity contribution in [3.63, 3.8) is 0 Å². The van der Waals surface area contributed by atoms with Gasteiger partial charge in [-0.15, -0.1) is 0 Å². The molecule has 3 heteroatoms. The third-order valence-corrected chi connectivity index (χ3v) is 6.53. The van der Waals surface area contributed by atoms with E-state index >= 15 is 0 Å². The summed E-state index contributed by atoms with van der Waals surface area (Å²) in [7, 11) is -1.93. The van der Waals surface area contributed by atoms with E-state index in [2.05, 4.69) is 54.6 Å². The quantitative estimate of drug-likeness (QED) is 0.295. The van der Waals surface area contributed by atoms with Gasteiger partial charge in [-0.25, -0.2) is 4.20 Å². The zero-order valence-corrected chi connectivity index (χ0v) is 16.8. The Bertz CT molecular complexity index is 1360. The van der Waals surface area contributed by atoms with Gasteiger partial charge in [0.15, 0.2) is 5.58 Å². The van der Waals surface area contributed by atoms with Crippen molar-refractivity contribution in [1.82, 2.24) is 0 Å². The molecule has 0 spiro atoms. The maximum absolute atomic E-state index is 13.1. The van der Waals surface area contributed by atoms with Crippen LogP contribution in [0.3, 0.4) is 0 Å². The molecule has 0 saturated carbocycles. The first-order valence-corrected chi connectivity index (χ1v) is 10.9. The van der Waals surface area contributed by atoms with E-state index < -0.39 is 7.65 Å². The lowest BCUT2D eigenvalue weighted by Gasteiger charge is -2.08. The average Bonchev–Trinajstić information content (AvgIpc) is 2.75. The number of fused-ring (bicyclic) bond motifs is 3. The van der Waals surface area contributed by atoms with Crippen molar-refractivity contribution in [2.24, 2.45) is 0 Å². The van der Waals surface area contributed by atoms with Crippen LogP contribution in [0.25, 0.3) is 21.5 Å². The maximum atomic E-state index is 13.1. The third-order valence-electron chi connectivity index (χ3n) is 5.28. The summed E-state index contributed by atoms with van der Waals surface area (Å²) in [6.07, 6.45) is 1.58. The lowest BCUT2D eigenvalue weighted by molar-refractivity contribution is 0.563. The van der Waals surface area contributed by atoms with E-state index in [1.165, 1.54) is 16.7 Å². The molecule has 0 aliphatic carbocycles. The van der Waals surface area contributed by atoms with Crippen LogP contribution in [0.5, 0.6) is 0 Å². The predicted molar refractivity (Wildman–Crippen MR) is 120 cm³/mol. The molecule has 0 N–H and O–H groups in total. The topological polar surface area (TPSA) is 30.2 Å². The Hall–Kier alpha value is -3.22. The Morgan fingerprint density at radius 1 is 0.621 bits per heavy atom. The molecule has 1 unspecified atom stereocenters. The molecular weight excluding hydrogens is 375 g/mol. The van der Waals surface area contributed by atoms with Gasteiger partial charge in [0.2, 0.25) is 5.12 Å². The van der Waals surface area contributed by atoms with E-state index in [1.54, 1.807) is 0 Å². The molecule has 0 amide bonds. The highest BCUT2D eigenvalue weighted by molar-refractivity contribution is 7.37. The van der Waals surface area contributed by atoms with Crippen molar-refractivity contribution in [1.29, 1.82) is 0 Å². The van der Waals surface area contributed by atoms with E-state index in [0.29, 0.717) is 5.58 Å². The van der Waals surface area contributed by atoms with Gasteiger partial charge < -0.3 is 0 Å². The molecule has 29 heavy (non-hydrogen) atoms. The summed E-state index contributed by atoms with van der Waals surface area (Å²) in [6, 6.07) is 33.1. The van der Waals surface area contributed by atoms with E-state index in [9.17, 15) is 4.57 Å². The standard InChI is InChI=1S/C26H20O2P/c27-29-26-22(16-20-11-5-2-6-12-20)17-21(15-19-9-3-1-4-10-19)18-24(26)23-13-7-8-14-25(23)28-29/h1-14,17-18H,15-16H2/q+1. The van der Waals surface area contributed by atoms with E-state index in [-0.39, 0.29) is 0 Å². The van der Waals surface area contributed by atoms with Crippen LogP contribution >= 0.6 is 7.65 Å². The fraction of sp³-hybridized carbons (Fsp3) is 0.0769. The van der Waals surface area contributed by atoms with Gasteiger partial charge in [0, 0.05) is 22.8 Å². The normalized spacial score (nSPS) is 11.8. The first-order chi connectivity index (χ1) is 14.3. The minimum Gasteiger partial charge on any atom is -0.250 e. The van der Waals surface area contributed by atoms with Gasteiger partial charge in [0.05, 0.1) is 0 Å². The molecule has 2 nitrogen and oxygen atoms in total. The number of hydrogen-bond acceptors (Lipinski definition) is 2. The second kappa shape index (κ2) is 7.66. The summed E-state index contributed by atoms with van der Waals surface area (Å²) in [5, 5.41) is 2.88. The van der Waals surface area contributed by atoms with Crippen LogP contribution in [-0.2, 0) is 17.4 Å². The molecule has 5 aromatic rings. The molecule has 0 aliphatic heterocycles. The highest BCUT2D eigenvalue weighted by Gasteiger charge is 2.22. The second-order valence-corrected chi connectivity index (χ2v) is 8.46. The molecule has 0 saturated heterocycles. The lowest BCUT2D eigenvalue weighted by atomic mass is 9.96. The summed E-state index contributed by atoms with van der Waals surface area (Å²) in [4.78, 5) is 0. The third kappa shape index (κ3) is 3.60. The summed E-state index contributed by atoms with van der Waals surface area (Å²) in [5.41, 5.74) is 5.47. The van der Waals surface area contributed by atoms with Gasteiger partial charge in [0.1, 0.15) is 0 Å². The van der Waals surface area contributed by atoms with Crippen LogP contribution in [-0.4, -0.2) is 0 Å². The SMILES string of the molecule is O=[p+]1oc2ccccc2c2cc(Cc3ccccc3)cc(Cc3ccccc3)c21. The zero-order valence-electron chi connectivity index (χ0n) is 15.9. The van der Waals surface area contributed by atoms with Crippen LogP contribution in [0.1, 0.15) is 22.3 Å². The van der Waals surface area contributed by atoms with Crippen molar-refractivity contribution in [2.45, 2.75) is 12.8 Å². The highest BCUT2D eigenvalue weighted by atomic mass is 31.1. The van der Waals surface area contributed by atoms with Gasteiger partial charge in [-0.3, -0.25) is 0 Å². The lowest BCUT2D eigenvalue weighted by Crippen LogP contribution is -1.95. The number of hydrogen-bond donors (Lipinski definition) is 0. The van der Waals surface area contributed by atoms with Crippen molar-refractivity contribution < 1.29 is 8.76 Å². The van der Waals surface area contributed by atoms with Gasteiger partial charge in [0.25, 0.3) is 0 Å². The molecular formula is C26H20O2P+. The van der Waals surface area contributed by atoms with Crippen LogP contribution in [0.15, 0.2) is 101 Å². The Labute approximate surface area is 170 Å². The molecule has 5 rings (SSSR count). The smallest absolute Gasteiger partial charge is 0.250 e. The molecule has 4 aromatic carbocycles. The second-order valence-electron chi connectivity index (χ2n) is 7.32. The first kappa shape index (κ1) is 17.8. The fourth-order valence-corrected chi connectivity index (χ4v) is 5.16. The molecule has 0 fully saturated rings. The molecule has 1 aromatic heterocycles.